The fourth-order valence-corrected chi connectivity index (χ4v) is 2.01. The van der Waals surface area contributed by atoms with Crippen molar-refractivity contribution in [2.45, 2.75) is 57.5 Å². The number of nitrogens with zero attached hydrogens (tertiary/aromatic N) is 2. The lowest BCUT2D eigenvalue weighted by Crippen LogP contribution is -2.43. The molecule has 1 aliphatic carbocycles. The van der Waals surface area contributed by atoms with Crippen molar-refractivity contribution in [1.29, 1.82) is 5.26 Å². The highest BCUT2D eigenvalue weighted by Gasteiger charge is 2.36. The molecule has 1 N–H and O–H groups in total. The molecule has 16 heavy (non-hydrogen) atoms. The van der Waals surface area contributed by atoms with E-state index in [1.54, 1.807) is 0 Å². The van der Waals surface area contributed by atoms with Crippen LogP contribution in [0.3, 0.4) is 0 Å². The van der Waals surface area contributed by atoms with E-state index >= 15 is 0 Å². The predicted molar refractivity (Wildman–Crippen MR) is 60.9 cm³/mol. The third-order valence-electron chi connectivity index (χ3n) is 3.01. The number of nitriles is 1. The zero-order valence-corrected chi connectivity index (χ0v) is 9.85. The van der Waals surface area contributed by atoms with E-state index in [0.717, 1.165) is 25.7 Å². The van der Waals surface area contributed by atoms with Gasteiger partial charge in [0.1, 0.15) is 6.04 Å². The Morgan fingerprint density at radius 2 is 2.31 bits per heavy atom. The van der Waals surface area contributed by atoms with E-state index in [2.05, 4.69) is 13.0 Å². The highest BCUT2D eigenvalue weighted by atomic mass is 16.4. The van der Waals surface area contributed by atoms with Crippen LogP contribution in [0.15, 0.2) is 0 Å². The van der Waals surface area contributed by atoms with Crippen molar-refractivity contribution in [3.05, 3.63) is 0 Å². The zero-order chi connectivity index (χ0) is 12.0. The quantitative estimate of drug-likeness (QED) is 0.685. The van der Waals surface area contributed by atoms with Crippen molar-refractivity contribution in [1.82, 2.24) is 4.90 Å². The van der Waals surface area contributed by atoms with Gasteiger partial charge in [-0.15, -0.1) is 0 Å². The molecule has 1 unspecified atom stereocenters. The molecule has 0 aromatic carbocycles. The van der Waals surface area contributed by atoms with Crippen molar-refractivity contribution in [2.75, 3.05) is 6.54 Å². The molecule has 4 nitrogen and oxygen atoms in total. The largest absolute Gasteiger partial charge is 0.480 e. The zero-order valence-electron chi connectivity index (χ0n) is 9.85. The number of carboxylic acid groups (broad SMARTS) is 1. The second kappa shape index (κ2) is 6.49. The Bertz CT molecular complexity index is 269. The Balaban J connectivity index is 2.55. The number of carbonyl (C=O) groups is 1. The SMILES string of the molecule is CCCCC(C(=O)O)N(CCC#N)C1CC1. The highest BCUT2D eigenvalue weighted by Crippen LogP contribution is 2.30. The molecule has 0 bridgehead atoms. The van der Waals surface area contributed by atoms with Gasteiger partial charge in [0, 0.05) is 19.0 Å². The Morgan fingerprint density at radius 3 is 2.75 bits per heavy atom. The lowest BCUT2D eigenvalue weighted by molar-refractivity contribution is -0.143. The average Bonchev–Trinajstić information content (AvgIpc) is 3.06. The van der Waals surface area contributed by atoms with E-state index in [0.29, 0.717) is 25.4 Å². The molecule has 0 amide bonds. The second-order valence-electron chi connectivity index (χ2n) is 4.37. The lowest BCUT2D eigenvalue weighted by Gasteiger charge is -2.27. The highest BCUT2D eigenvalue weighted by molar-refractivity contribution is 5.73. The summed E-state index contributed by atoms with van der Waals surface area (Å²) in [7, 11) is 0. The standard InChI is InChI=1S/C12H20N2O2/c1-2-3-5-11(12(15)16)14(9-4-8-13)10-6-7-10/h10-11H,2-7,9H2,1H3,(H,15,16). The Kier molecular flexibility index (Phi) is 5.27. The van der Waals surface area contributed by atoms with Crippen LogP contribution in [0.1, 0.15) is 45.4 Å². The van der Waals surface area contributed by atoms with Crippen LogP contribution < -0.4 is 0 Å². The van der Waals surface area contributed by atoms with Crippen LogP contribution in [0.5, 0.6) is 0 Å². The van der Waals surface area contributed by atoms with Gasteiger partial charge in [-0.05, 0) is 19.3 Å². The number of rotatable bonds is 8. The lowest BCUT2D eigenvalue weighted by atomic mass is 10.1. The molecule has 0 saturated heterocycles. The van der Waals surface area contributed by atoms with E-state index in [9.17, 15) is 9.90 Å². The molecular weight excluding hydrogens is 204 g/mol. The van der Waals surface area contributed by atoms with E-state index in [1.165, 1.54) is 0 Å². The van der Waals surface area contributed by atoms with Gasteiger partial charge in [0.15, 0.2) is 0 Å². The molecule has 1 atom stereocenters. The summed E-state index contributed by atoms with van der Waals surface area (Å²) in [6.45, 7) is 2.66. The molecule has 1 aliphatic rings. The molecule has 0 aliphatic heterocycles. The third kappa shape index (κ3) is 3.82. The summed E-state index contributed by atoms with van der Waals surface area (Å²) in [6.07, 6.45) is 5.25. The molecule has 0 spiro atoms. The summed E-state index contributed by atoms with van der Waals surface area (Å²) < 4.78 is 0. The van der Waals surface area contributed by atoms with Crippen molar-refractivity contribution in [3.63, 3.8) is 0 Å². The van der Waals surface area contributed by atoms with Crippen LogP contribution in [0.2, 0.25) is 0 Å². The van der Waals surface area contributed by atoms with Gasteiger partial charge in [-0.25, -0.2) is 0 Å². The molecule has 0 aromatic rings. The second-order valence-corrected chi connectivity index (χ2v) is 4.37. The van der Waals surface area contributed by atoms with Crippen LogP contribution >= 0.6 is 0 Å². The van der Waals surface area contributed by atoms with E-state index in [1.807, 2.05) is 4.90 Å². The smallest absolute Gasteiger partial charge is 0.320 e. The number of hydrogen-bond acceptors (Lipinski definition) is 3. The van der Waals surface area contributed by atoms with Crippen molar-refractivity contribution in [3.8, 4) is 6.07 Å². The fraction of sp³-hybridized carbons (Fsp3) is 0.833. The maximum atomic E-state index is 11.2. The van der Waals surface area contributed by atoms with E-state index in [-0.39, 0.29) is 6.04 Å². The Labute approximate surface area is 96.9 Å². The van der Waals surface area contributed by atoms with Crippen molar-refractivity contribution >= 4 is 5.97 Å². The summed E-state index contributed by atoms with van der Waals surface area (Å²) in [5.41, 5.74) is 0. The van der Waals surface area contributed by atoms with Crippen molar-refractivity contribution in [2.24, 2.45) is 0 Å². The van der Waals surface area contributed by atoms with Crippen LogP contribution in [0.25, 0.3) is 0 Å². The first-order valence-electron chi connectivity index (χ1n) is 6.06. The minimum absolute atomic E-state index is 0.388. The van der Waals surface area contributed by atoms with Gasteiger partial charge in [-0.3, -0.25) is 9.69 Å². The molecule has 1 rings (SSSR count). The first kappa shape index (κ1) is 13.0. The topological polar surface area (TPSA) is 64.3 Å². The number of hydrogen-bond donors (Lipinski definition) is 1. The fourth-order valence-electron chi connectivity index (χ4n) is 2.01. The summed E-state index contributed by atoms with van der Waals surface area (Å²) in [5.74, 6) is -0.738. The molecule has 90 valence electrons. The van der Waals surface area contributed by atoms with Crippen molar-refractivity contribution < 1.29 is 9.90 Å². The van der Waals surface area contributed by atoms with Crippen LogP contribution in [-0.2, 0) is 4.79 Å². The summed E-state index contributed by atoms with van der Waals surface area (Å²) in [4.78, 5) is 13.2. The Hall–Kier alpha value is -1.08. The molecule has 4 heteroatoms. The van der Waals surface area contributed by atoms with Gasteiger partial charge < -0.3 is 5.11 Å². The molecule has 0 aromatic heterocycles. The monoisotopic (exact) mass is 224 g/mol. The van der Waals surface area contributed by atoms with Gasteiger partial charge in [0.05, 0.1) is 6.07 Å². The number of carboxylic acids is 1. The maximum Gasteiger partial charge on any atom is 0.320 e. The van der Waals surface area contributed by atoms with E-state index in [4.69, 9.17) is 5.26 Å². The van der Waals surface area contributed by atoms with Crippen LogP contribution in [0.4, 0.5) is 0 Å². The van der Waals surface area contributed by atoms with Crippen LogP contribution in [-0.4, -0.2) is 34.6 Å². The predicted octanol–water partition coefficient (Wildman–Crippen LogP) is 2.01. The number of aliphatic carboxylic acids is 1. The van der Waals surface area contributed by atoms with Gasteiger partial charge in [-0.1, -0.05) is 19.8 Å². The molecule has 0 heterocycles. The normalized spacial score (nSPS) is 17.1. The van der Waals surface area contributed by atoms with Gasteiger partial charge >= 0.3 is 5.97 Å². The molecule has 1 saturated carbocycles. The first-order valence-corrected chi connectivity index (χ1v) is 6.06. The first-order chi connectivity index (χ1) is 7.70. The average molecular weight is 224 g/mol. The Morgan fingerprint density at radius 1 is 1.62 bits per heavy atom. The molecular formula is C12H20N2O2. The van der Waals surface area contributed by atoms with Crippen LogP contribution in [0, 0.1) is 11.3 Å². The summed E-state index contributed by atoms with van der Waals surface area (Å²) >= 11 is 0. The van der Waals surface area contributed by atoms with E-state index < -0.39 is 5.97 Å². The summed E-state index contributed by atoms with van der Waals surface area (Å²) in [6, 6.07) is 2.12. The van der Waals surface area contributed by atoms with Gasteiger partial charge in [-0.2, -0.15) is 5.26 Å². The minimum Gasteiger partial charge on any atom is -0.480 e. The number of unbranched alkanes of at least 4 members (excludes halogenated alkanes) is 1. The third-order valence-corrected chi connectivity index (χ3v) is 3.01. The summed E-state index contributed by atoms with van der Waals surface area (Å²) in [5, 5.41) is 17.8. The van der Waals surface area contributed by atoms with Gasteiger partial charge in [0.25, 0.3) is 0 Å². The minimum atomic E-state index is -0.738. The molecule has 1 fully saturated rings. The van der Waals surface area contributed by atoms with Gasteiger partial charge in [0.2, 0.25) is 0 Å². The maximum absolute atomic E-state index is 11.2. The molecule has 0 radical (unpaired) electrons.